The van der Waals surface area contributed by atoms with Crippen LogP contribution in [0.15, 0.2) is 146 Å². The standard InChI is InChI=1S/C35H26N4/c1-5-15-26(16-6-1)25-30-33-35(37-32-24-14-13-23-31(32)36-33)39(34(30)27-17-7-2-8-18-27)38(28-19-9-3-10-20-28)29-21-11-4-12-22-29/h1-24H,25H2. The summed E-state index contributed by atoms with van der Waals surface area (Å²) in [6.07, 6.45) is 0.735. The number of rotatable bonds is 6. The van der Waals surface area contributed by atoms with Gasteiger partial charge in [0.2, 0.25) is 0 Å². The zero-order valence-corrected chi connectivity index (χ0v) is 21.4. The van der Waals surface area contributed by atoms with E-state index in [2.05, 4.69) is 119 Å². The fraction of sp³-hybridized carbons (Fsp3) is 0.0286. The molecule has 186 valence electrons. The lowest BCUT2D eigenvalue weighted by molar-refractivity contribution is 0.847. The van der Waals surface area contributed by atoms with Gasteiger partial charge in [-0.05, 0) is 42.0 Å². The molecule has 4 heteroatoms. The third kappa shape index (κ3) is 4.22. The Balaban J connectivity index is 1.63. The molecule has 39 heavy (non-hydrogen) atoms. The molecule has 0 spiro atoms. The van der Waals surface area contributed by atoms with E-state index < -0.39 is 0 Å². The molecule has 2 aromatic heterocycles. The lowest BCUT2D eigenvalue weighted by Gasteiger charge is -2.29. The summed E-state index contributed by atoms with van der Waals surface area (Å²) in [6, 6.07) is 50.3. The molecule has 0 N–H and O–H groups in total. The minimum Gasteiger partial charge on any atom is -0.248 e. The van der Waals surface area contributed by atoms with Crippen molar-refractivity contribution >= 4 is 33.6 Å². The predicted molar refractivity (Wildman–Crippen MR) is 160 cm³/mol. The van der Waals surface area contributed by atoms with E-state index in [0.29, 0.717) is 0 Å². The molecule has 0 aliphatic carbocycles. The monoisotopic (exact) mass is 502 g/mol. The van der Waals surface area contributed by atoms with Gasteiger partial charge in [0, 0.05) is 17.5 Å². The van der Waals surface area contributed by atoms with Crippen molar-refractivity contribution in [2.24, 2.45) is 0 Å². The Kier molecular flexibility index (Phi) is 5.83. The number of fused-ring (bicyclic) bond motifs is 2. The lowest BCUT2D eigenvalue weighted by atomic mass is 10.0. The summed E-state index contributed by atoms with van der Waals surface area (Å²) < 4.78 is 2.26. The van der Waals surface area contributed by atoms with E-state index in [0.717, 1.165) is 56.8 Å². The molecule has 4 nitrogen and oxygen atoms in total. The zero-order chi connectivity index (χ0) is 26.0. The molecule has 7 aromatic rings. The van der Waals surface area contributed by atoms with Crippen molar-refractivity contribution in [1.82, 2.24) is 14.6 Å². The molecule has 0 bridgehead atoms. The minimum atomic E-state index is 0.735. The van der Waals surface area contributed by atoms with Crippen molar-refractivity contribution in [2.75, 3.05) is 5.01 Å². The van der Waals surface area contributed by atoms with Crippen molar-refractivity contribution in [3.8, 4) is 11.3 Å². The third-order valence-corrected chi connectivity index (χ3v) is 7.01. The van der Waals surface area contributed by atoms with Crippen molar-refractivity contribution in [1.29, 1.82) is 0 Å². The lowest BCUT2D eigenvalue weighted by Crippen LogP contribution is -2.25. The highest BCUT2D eigenvalue weighted by Crippen LogP contribution is 2.39. The van der Waals surface area contributed by atoms with Crippen molar-refractivity contribution in [3.05, 3.63) is 157 Å². The van der Waals surface area contributed by atoms with Gasteiger partial charge in [-0.25, -0.2) is 19.7 Å². The van der Waals surface area contributed by atoms with E-state index in [-0.39, 0.29) is 0 Å². The highest BCUT2D eigenvalue weighted by Gasteiger charge is 2.27. The second kappa shape index (κ2) is 9.92. The summed E-state index contributed by atoms with van der Waals surface area (Å²) in [5.41, 5.74) is 10.2. The van der Waals surface area contributed by atoms with Crippen LogP contribution in [0.5, 0.6) is 0 Å². The van der Waals surface area contributed by atoms with Crippen LogP contribution in [-0.4, -0.2) is 14.6 Å². The van der Waals surface area contributed by atoms with Crippen LogP contribution in [0.25, 0.3) is 33.5 Å². The fourth-order valence-corrected chi connectivity index (χ4v) is 5.26. The normalized spacial score (nSPS) is 11.2. The summed E-state index contributed by atoms with van der Waals surface area (Å²) >= 11 is 0. The van der Waals surface area contributed by atoms with Crippen LogP contribution >= 0.6 is 0 Å². The van der Waals surface area contributed by atoms with Crippen LogP contribution in [0, 0.1) is 0 Å². The molecule has 0 radical (unpaired) electrons. The second-order valence-electron chi connectivity index (χ2n) is 9.53. The molecule has 2 heterocycles. The number of para-hydroxylation sites is 4. The number of nitrogens with zero attached hydrogens (tertiary/aromatic N) is 4. The van der Waals surface area contributed by atoms with E-state index in [4.69, 9.17) is 9.97 Å². The summed E-state index contributed by atoms with van der Waals surface area (Å²) in [4.78, 5) is 10.5. The Morgan fingerprint density at radius 3 is 1.59 bits per heavy atom. The molecular weight excluding hydrogens is 476 g/mol. The number of aromatic nitrogens is 3. The second-order valence-corrected chi connectivity index (χ2v) is 9.53. The van der Waals surface area contributed by atoms with Crippen molar-refractivity contribution in [3.63, 3.8) is 0 Å². The van der Waals surface area contributed by atoms with Crippen molar-refractivity contribution in [2.45, 2.75) is 6.42 Å². The summed E-state index contributed by atoms with van der Waals surface area (Å²) in [7, 11) is 0. The van der Waals surface area contributed by atoms with Gasteiger partial charge in [-0.1, -0.05) is 109 Å². The van der Waals surface area contributed by atoms with Gasteiger partial charge in [0.25, 0.3) is 0 Å². The van der Waals surface area contributed by atoms with E-state index in [1.165, 1.54) is 5.56 Å². The molecule has 0 aliphatic rings. The smallest absolute Gasteiger partial charge is 0.179 e. The van der Waals surface area contributed by atoms with Crippen LogP contribution in [0.4, 0.5) is 11.4 Å². The predicted octanol–water partition coefficient (Wildman–Crippen LogP) is 8.44. The molecule has 0 amide bonds. The molecule has 0 aliphatic heterocycles. The summed E-state index contributed by atoms with van der Waals surface area (Å²) in [5.74, 6) is 0. The Labute approximate surface area is 227 Å². The fourth-order valence-electron chi connectivity index (χ4n) is 5.26. The van der Waals surface area contributed by atoms with E-state index in [9.17, 15) is 0 Å². The average molecular weight is 503 g/mol. The van der Waals surface area contributed by atoms with Gasteiger partial charge in [-0.3, -0.25) is 0 Å². The quantitative estimate of drug-likeness (QED) is 0.229. The molecule has 0 saturated heterocycles. The van der Waals surface area contributed by atoms with E-state index >= 15 is 0 Å². The Hall–Kier alpha value is -5.22. The van der Waals surface area contributed by atoms with Crippen molar-refractivity contribution < 1.29 is 0 Å². The first kappa shape index (κ1) is 22.9. The average Bonchev–Trinajstić information content (AvgIpc) is 3.30. The maximum atomic E-state index is 5.26. The van der Waals surface area contributed by atoms with Crippen LogP contribution in [0.3, 0.4) is 0 Å². The van der Waals surface area contributed by atoms with Gasteiger partial charge < -0.3 is 0 Å². The molecule has 0 unspecified atom stereocenters. The molecular formula is C35H26N4. The molecule has 0 fully saturated rings. The molecule has 0 saturated carbocycles. The van der Waals surface area contributed by atoms with Gasteiger partial charge >= 0.3 is 0 Å². The summed E-state index contributed by atoms with van der Waals surface area (Å²) in [6.45, 7) is 0. The van der Waals surface area contributed by atoms with Gasteiger partial charge in [0.1, 0.15) is 5.52 Å². The first-order chi connectivity index (χ1) is 19.4. The number of hydrogen-bond acceptors (Lipinski definition) is 3. The first-order valence-electron chi connectivity index (χ1n) is 13.2. The maximum absolute atomic E-state index is 5.26. The van der Waals surface area contributed by atoms with Crippen LogP contribution in [0.1, 0.15) is 11.1 Å². The highest BCUT2D eigenvalue weighted by atomic mass is 15.6. The third-order valence-electron chi connectivity index (χ3n) is 7.01. The first-order valence-corrected chi connectivity index (χ1v) is 13.2. The highest BCUT2D eigenvalue weighted by molar-refractivity contribution is 5.94. The minimum absolute atomic E-state index is 0.735. The van der Waals surface area contributed by atoms with E-state index in [1.807, 2.05) is 36.4 Å². The van der Waals surface area contributed by atoms with Gasteiger partial charge in [-0.2, -0.15) is 0 Å². The largest absolute Gasteiger partial charge is 0.248 e. The van der Waals surface area contributed by atoms with Gasteiger partial charge in [-0.15, -0.1) is 0 Å². The zero-order valence-electron chi connectivity index (χ0n) is 21.4. The molecule has 5 aromatic carbocycles. The Morgan fingerprint density at radius 2 is 1.00 bits per heavy atom. The number of hydrogen-bond donors (Lipinski definition) is 0. The Morgan fingerprint density at radius 1 is 0.513 bits per heavy atom. The SMILES string of the molecule is c1ccc(Cc2c(-c3ccccc3)n(N(c3ccccc3)c3ccccc3)c3nc4ccccc4nc23)cc1. The Bertz CT molecular complexity index is 1820. The summed E-state index contributed by atoms with van der Waals surface area (Å²) in [5, 5.41) is 2.25. The van der Waals surface area contributed by atoms with E-state index in [1.54, 1.807) is 0 Å². The van der Waals surface area contributed by atoms with Crippen LogP contribution in [-0.2, 0) is 6.42 Å². The molecule has 7 rings (SSSR count). The maximum Gasteiger partial charge on any atom is 0.179 e. The van der Waals surface area contributed by atoms with Gasteiger partial charge in [0.15, 0.2) is 5.65 Å². The molecule has 0 atom stereocenters. The number of benzene rings is 5. The van der Waals surface area contributed by atoms with Crippen LogP contribution < -0.4 is 5.01 Å². The van der Waals surface area contributed by atoms with Crippen LogP contribution in [0.2, 0.25) is 0 Å². The van der Waals surface area contributed by atoms with Gasteiger partial charge in [0.05, 0.1) is 28.1 Å². The number of anilines is 2. The topological polar surface area (TPSA) is 34.0 Å².